The van der Waals surface area contributed by atoms with Gasteiger partial charge in [-0.1, -0.05) is 66.5 Å². The summed E-state index contributed by atoms with van der Waals surface area (Å²) >= 11 is 2.14. The number of amides is 1. The van der Waals surface area contributed by atoms with E-state index in [1.54, 1.807) is 42.6 Å². The molecule has 2 aromatic heterocycles. The van der Waals surface area contributed by atoms with Gasteiger partial charge in [-0.15, -0.1) is 11.3 Å². The minimum absolute atomic E-state index is 0.0114. The number of carbonyl (C=O) groups is 3. The number of ketones is 1. The average Bonchev–Trinajstić information content (AvgIpc) is 3.74. The molecular formula is C32H28N2O7S2. The lowest BCUT2D eigenvalue weighted by Gasteiger charge is -2.25. The molecule has 3 heterocycles. The Kier molecular flexibility index (Phi) is 9.03. The number of aliphatic hydroxyl groups excluding tert-OH is 1. The third-order valence-corrected chi connectivity index (χ3v) is 8.53. The lowest BCUT2D eigenvalue weighted by atomic mass is 9.95. The van der Waals surface area contributed by atoms with Crippen LogP contribution in [0.1, 0.15) is 49.1 Å². The zero-order chi connectivity index (χ0) is 30.5. The maximum absolute atomic E-state index is 13.7. The highest BCUT2D eigenvalue weighted by atomic mass is 32.1. The van der Waals surface area contributed by atoms with Crippen molar-refractivity contribution >= 4 is 45.5 Å². The molecule has 1 atom stereocenters. The molecule has 1 unspecified atom stereocenters. The maximum atomic E-state index is 13.7. The summed E-state index contributed by atoms with van der Waals surface area (Å²) in [4.78, 5) is 46.2. The van der Waals surface area contributed by atoms with Gasteiger partial charge in [0.1, 0.15) is 18.1 Å². The monoisotopic (exact) mass is 616 g/mol. The van der Waals surface area contributed by atoms with Crippen LogP contribution in [0.4, 0.5) is 5.13 Å². The second-order valence-electron chi connectivity index (χ2n) is 9.36. The number of thiazole rings is 1. The lowest BCUT2D eigenvalue weighted by Crippen LogP contribution is -2.31. The van der Waals surface area contributed by atoms with Crippen LogP contribution in [-0.2, 0) is 16.1 Å². The summed E-state index contributed by atoms with van der Waals surface area (Å²) in [6, 6.07) is 17.1. The highest BCUT2D eigenvalue weighted by Crippen LogP contribution is 2.45. The van der Waals surface area contributed by atoms with Gasteiger partial charge in [0.25, 0.3) is 5.91 Å². The Bertz CT molecular complexity index is 1690. The van der Waals surface area contributed by atoms with Gasteiger partial charge in [-0.25, -0.2) is 9.78 Å². The number of anilines is 1. The standard InChI is InChI=1S/C32H28N2O7S2/c1-4-15-40-31(38)29-19(3)33-32(43-29)34-26(25(28(36)30(34)37)27(35)24-12-9-16-42-24)21-13-14-22(23(17-21)39-5-2)41-18-20-10-7-6-8-11-20/h4,6-14,16-17,26,36H,1,5,15,18H2,2-3H3. The van der Waals surface area contributed by atoms with Gasteiger partial charge < -0.3 is 19.3 Å². The molecule has 220 valence electrons. The Morgan fingerprint density at radius 3 is 2.58 bits per heavy atom. The van der Waals surface area contributed by atoms with E-state index in [9.17, 15) is 19.5 Å². The van der Waals surface area contributed by atoms with Crippen LogP contribution >= 0.6 is 22.7 Å². The third-order valence-electron chi connectivity index (χ3n) is 6.53. The maximum Gasteiger partial charge on any atom is 0.350 e. The summed E-state index contributed by atoms with van der Waals surface area (Å²) in [5, 5.41) is 13.0. The van der Waals surface area contributed by atoms with E-state index in [4.69, 9.17) is 14.2 Å². The van der Waals surface area contributed by atoms with Crippen molar-refractivity contribution < 1.29 is 33.7 Å². The fourth-order valence-corrected chi connectivity index (χ4v) is 6.25. The molecule has 0 spiro atoms. The summed E-state index contributed by atoms with van der Waals surface area (Å²) in [7, 11) is 0. The fourth-order valence-electron chi connectivity index (χ4n) is 4.58. The molecule has 1 aliphatic heterocycles. The first kappa shape index (κ1) is 29.7. The SMILES string of the molecule is C=CCOC(=O)c1sc(N2C(=O)C(O)=C(C(=O)c3cccs3)C2c2ccc(OCc3ccccc3)c(OCC)c2)nc1C. The molecule has 0 saturated heterocycles. The van der Waals surface area contributed by atoms with Crippen molar-refractivity contribution in [3.05, 3.63) is 117 Å². The molecule has 0 saturated carbocycles. The number of aryl methyl sites for hydroxylation is 1. The molecule has 9 nitrogen and oxygen atoms in total. The molecule has 0 fully saturated rings. The summed E-state index contributed by atoms with van der Waals surface area (Å²) in [5.41, 5.74) is 1.70. The number of aromatic nitrogens is 1. The minimum Gasteiger partial charge on any atom is -0.503 e. The number of benzene rings is 2. The van der Waals surface area contributed by atoms with E-state index >= 15 is 0 Å². The average molecular weight is 617 g/mol. The number of esters is 1. The van der Waals surface area contributed by atoms with Gasteiger partial charge in [-0.3, -0.25) is 14.5 Å². The van der Waals surface area contributed by atoms with Crippen LogP contribution in [0.2, 0.25) is 0 Å². The molecule has 1 N–H and O–H groups in total. The van der Waals surface area contributed by atoms with Crippen molar-refractivity contribution in [2.45, 2.75) is 26.5 Å². The molecule has 0 aliphatic carbocycles. The van der Waals surface area contributed by atoms with E-state index in [1.165, 1.54) is 22.3 Å². The molecule has 2 aromatic carbocycles. The van der Waals surface area contributed by atoms with Crippen molar-refractivity contribution in [2.24, 2.45) is 0 Å². The predicted octanol–water partition coefficient (Wildman–Crippen LogP) is 6.62. The zero-order valence-corrected chi connectivity index (χ0v) is 25.1. The van der Waals surface area contributed by atoms with Crippen molar-refractivity contribution in [3.63, 3.8) is 0 Å². The smallest absolute Gasteiger partial charge is 0.350 e. The number of hydrogen-bond acceptors (Lipinski definition) is 10. The van der Waals surface area contributed by atoms with Crippen molar-refractivity contribution in [1.82, 2.24) is 4.98 Å². The van der Waals surface area contributed by atoms with E-state index < -0.39 is 29.5 Å². The first-order valence-corrected chi connectivity index (χ1v) is 15.1. The first-order valence-electron chi connectivity index (χ1n) is 13.4. The van der Waals surface area contributed by atoms with Gasteiger partial charge in [0.15, 0.2) is 22.4 Å². The largest absolute Gasteiger partial charge is 0.503 e. The Balaban J connectivity index is 1.58. The van der Waals surface area contributed by atoms with Gasteiger partial charge in [0.2, 0.25) is 5.78 Å². The lowest BCUT2D eigenvalue weighted by molar-refractivity contribution is -0.117. The van der Waals surface area contributed by atoms with Gasteiger partial charge in [0.05, 0.1) is 28.8 Å². The fraction of sp³-hybridized carbons (Fsp3) is 0.188. The number of nitrogens with zero attached hydrogens (tertiary/aromatic N) is 2. The third kappa shape index (κ3) is 6.08. The number of rotatable bonds is 12. The molecule has 11 heteroatoms. The zero-order valence-electron chi connectivity index (χ0n) is 23.4. The second-order valence-corrected chi connectivity index (χ2v) is 11.3. The Morgan fingerprint density at radius 2 is 1.88 bits per heavy atom. The van der Waals surface area contributed by atoms with E-state index in [2.05, 4.69) is 11.6 Å². The van der Waals surface area contributed by atoms with Gasteiger partial charge in [0, 0.05) is 0 Å². The first-order chi connectivity index (χ1) is 20.8. The normalized spacial score (nSPS) is 14.6. The summed E-state index contributed by atoms with van der Waals surface area (Å²) < 4.78 is 17.1. The van der Waals surface area contributed by atoms with Crippen LogP contribution < -0.4 is 14.4 Å². The number of ether oxygens (including phenoxy) is 3. The second kappa shape index (κ2) is 13.1. The molecular weight excluding hydrogens is 588 g/mol. The number of Topliss-reactive ketones (excluding diaryl/α,β-unsaturated/α-hetero) is 1. The number of carbonyl (C=O) groups excluding carboxylic acids is 3. The number of aliphatic hydroxyl groups is 1. The molecule has 4 aromatic rings. The molecule has 5 rings (SSSR count). The van der Waals surface area contributed by atoms with Crippen LogP contribution in [0.5, 0.6) is 11.5 Å². The quantitative estimate of drug-likeness (QED) is 0.107. The highest BCUT2D eigenvalue weighted by Gasteiger charge is 2.46. The number of thiophene rings is 1. The van der Waals surface area contributed by atoms with E-state index in [1.807, 2.05) is 37.3 Å². The molecule has 1 aliphatic rings. The summed E-state index contributed by atoms with van der Waals surface area (Å²) in [6.45, 7) is 7.66. The topological polar surface area (TPSA) is 115 Å². The summed E-state index contributed by atoms with van der Waals surface area (Å²) in [5.74, 6) is -1.73. The van der Waals surface area contributed by atoms with E-state index in [-0.39, 0.29) is 22.2 Å². The molecule has 43 heavy (non-hydrogen) atoms. The van der Waals surface area contributed by atoms with Gasteiger partial charge in [-0.2, -0.15) is 0 Å². The molecule has 1 amide bonds. The van der Waals surface area contributed by atoms with Crippen LogP contribution in [0.3, 0.4) is 0 Å². The van der Waals surface area contributed by atoms with Crippen molar-refractivity contribution in [2.75, 3.05) is 18.1 Å². The van der Waals surface area contributed by atoms with Gasteiger partial charge >= 0.3 is 5.97 Å². The van der Waals surface area contributed by atoms with Crippen molar-refractivity contribution in [3.8, 4) is 11.5 Å². The van der Waals surface area contributed by atoms with Crippen LogP contribution in [0, 0.1) is 6.92 Å². The van der Waals surface area contributed by atoms with E-state index in [0.717, 1.165) is 16.9 Å². The van der Waals surface area contributed by atoms with Crippen LogP contribution in [0.25, 0.3) is 0 Å². The Hall–Kier alpha value is -4.74. The minimum atomic E-state index is -1.06. The Labute approximate surface area is 256 Å². The number of hydrogen-bond donors (Lipinski definition) is 1. The highest BCUT2D eigenvalue weighted by molar-refractivity contribution is 7.17. The Morgan fingerprint density at radius 1 is 1.09 bits per heavy atom. The summed E-state index contributed by atoms with van der Waals surface area (Å²) in [6.07, 6.45) is 1.45. The van der Waals surface area contributed by atoms with E-state index in [0.29, 0.717) is 40.8 Å². The van der Waals surface area contributed by atoms with Crippen LogP contribution in [-0.4, -0.2) is 41.0 Å². The van der Waals surface area contributed by atoms with Gasteiger partial charge in [-0.05, 0) is 48.6 Å². The van der Waals surface area contributed by atoms with Crippen molar-refractivity contribution in [1.29, 1.82) is 0 Å². The van der Waals surface area contributed by atoms with Crippen LogP contribution in [0.15, 0.2) is 90.0 Å². The molecule has 0 bridgehead atoms. The molecule has 0 radical (unpaired) electrons. The predicted molar refractivity (Wildman–Crippen MR) is 164 cm³/mol.